The summed E-state index contributed by atoms with van der Waals surface area (Å²) in [6.45, 7) is 1.86. The first kappa shape index (κ1) is 13.4. The highest BCUT2D eigenvalue weighted by atomic mass is 79.9. The van der Waals surface area contributed by atoms with Crippen LogP contribution >= 0.6 is 27.7 Å². The van der Waals surface area contributed by atoms with E-state index in [1.54, 1.807) is 0 Å². The van der Waals surface area contributed by atoms with E-state index in [0.717, 1.165) is 18.5 Å². The molecule has 0 unspecified atom stereocenters. The molecule has 0 aliphatic carbocycles. The molecule has 0 N–H and O–H groups in total. The molecule has 2 rings (SSSR count). The maximum atomic E-state index is 5.46. The molecular weight excluding hydrogens is 296 g/mol. The summed E-state index contributed by atoms with van der Waals surface area (Å²) >= 11 is 5.66. The summed E-state index contributed by atoms with van der Waals surface area (Å²) in [5.74, 6) is 1.20. The zero-order chi connectivity index (χ0) is 12.0. The summed E-state index contributed by atoms with van der Waals surface area (Å²) in [6, 6.07) is 10.7. The first-order chi connectivity index (χ1) is 8.35. The van der Waals surface area contributed by atoms with Crippen molar-refractivity contribution in [3.8, 4) is 0 Å². The second-order valence-corrected chi connectivity index (χ2v) is 6.39. The van der Waals surface area contributed by atoms with Crippen molar-refractivity contribution >= 4 is 27.7 Å². The number of hydrogen-bond donors (Lipinski definition) is 0. The van der Waals surface area contributed by atoms with Gasteiger partial charge in [-0.25, -0.2) is 0 Å². The summed E-state index contributed by atoms with van der Waals surface area (Å²) in [6.07, 6.45) is 3.68. The lowest BCUT2D eigenvalue weighted by molar-refractivity contribution is 0.0256. The predicted molar refractivity (Wildman–Crippen MR) is 78.1 cm³/mol. The van der Waals surface area contributed by atoms with Gasteiger partial charge in [0, 0.05) is 23.4 Å². The maximum Gasteiger partial charge on any atom is 0.0471 e. The molecule has 1 saturated heterocycles. The topological polar surface area (TPSA) is 9.23 Å². The van der Waals surface area contributed by atoms with Gasteiger partial charge in [0.1, 0.15) is 0 Å². The second-order valence-electron chi connectivity index (χ2n) is 4.66. The van der Waals surface area contributed by atoms with Gasteiger partial charge in [0.2, 0.25) is 0 Å². The van der Waals surface area contributed by atoms with Crippen LogP contribution in [0.4, 0.5) is 0 Å². The van der Waals surface area contributed by atoms with Gasteiger partial charge in [0.05, 0.1) is 0 Å². The number of benzene rings is 1. The van der Waals surface area contributed by atoms with Crippen molar-refractivity contribution < 1.29 is 4.74 Å². The standard InChI is InChI=1S/C14H19BrOS/c15-12-14(6-9-16-10-7-14)8-11-17-13-4-2-1-3-5-13/h1-5H,6-12H2. The molecule has 1 aromatic rings. The quantitative estimate of drug-likeness (QED) is 0.590. The van der Waals surface area contributed by atoms with Gasteiger partial charge in [-0.1, -0.05) is 34.1 Å². The Morgan fingerprint density at radius 1 is 1.18 bits per heavy atom. The molecule has 1 aliphatic heterocycles. The molecule has 0 atom stereocenters. The van der Waals surface area contributed by atoms with Crippen LogP contribution in [-0.4, -0.2) is 24.3 Å². The first-order valence-electron chi connectivity index (χ1n) is 6.16. The van der Waals surface area contributed by atoms with E-state index in [4.69, 9.17) is 4.74 Å². The lowest BCUT2D eigenvalue weighted by Gasteiger charge is -2.35. The fourth-order valence-electron chi connectivity index (χ4n) is 2.16. The van der Waals surface area contributed by atoms with Crippen molar-refractivity contribution in [2.24, 2.45) is 5.41 Å². The molecule has 0 aromatic heterocycles. The normalized spacial score (nSPS) is 19.1. The van der Waals surface area contributed by atoms with Crippen molar-refractivity contribution in [3.05, 3.63) is 30.3 Å². The first-order valence-corrected chi connectivity index (χ1v) is 8.27. The molecular formula is C14H19BrOS. The summed E-state index contributed by atoms with van der Waals surface area (Å²) in [4.78, 5) is 1.38. The molecule has 1 aromatic carbocycles. The molecule has 0 spiro atoms. The van der Waals surface area contributed by atoms with E-state index in [1.165, 1.54) is 29.9 Å². The van der Waals surface area contributed by atoms with E-state index in [1.807, 2.05) is 11.8 Å². The highest BCUT2D eigenvalue weighted by Gasteiger charge is 2.30. The van der Waals surface area contributed by atoms with E-state index in [9.17, 15) is 0 Å². The fourth-order valence-corrected chi connectivity index (χ4v) is 4.12. The van der Waals surface area contributed by atoms with Gasteiger partial charge in [-0.05, 0) is 42.6 Å². The van der Waals surface area contributed by atoms with Crippen molar-refractivity contribution in [1.82, 2.24) is 0 Å². The Bertz CT molecular complexity index is 322. The number of rotatable bonds is 5. The second kappa shape index (κ2) is 6.81. The van der Waals surface area contributed by atoms with Crippen molar-refractivity contribution in [2.45, 2.75) is 24.2 Å². The van der Waals surface area contributed by atoms with E-state index < -0.39 is 0 Å². The van der Waals surface area contributed by atoms with Crippen molar-refractivity contribution in [2.75, 3.05) is 24.3 Å². The smallest absolute Gasteiger partial charge is 0.0471 e. The maximum absolute atomic E-state index is 5.46. The van der Waals surface area contributed by atoms with Crippen LogP contribution in [0.2, 0.25) is 0 Å². The summed E-state index contributed by atoms with van der Waals surface area (Å²) < 4.78 is 5.46. The van der Waals surface area contributed by atoms with E-state index >= 15 is 0 Å². The molecule has 1 nitrogen and oxygen atoms in total. The van der Waals surface area contributed by atoms with Gasteiger partial charge in [0.25, 0.3) is 0 Å². The minimum absolute atomic E-state index is 0.472. The highest BCUT2D eigenvalue weighted by molar-refractivity contribution is 9.09. The summed E-state index contributed by atoms with van der Waals surface area (Å²) in [5, 5.41) is 1.11. The van der Waals surface area contributed by atoms with Crippen LogP contribution in [0.3, 0.4) is 0 Å². The highest BCUT2D eigenvalue weighted by Crippen LogP contribution is 2.37. The SMILES string of the molecule is BrCC1(CCSc2ccccc2)CCOCC1. The van der Waals surface area contributed by atoms with Crippen LogP contribution in [-0.2, 0) is 4.74 Å². The van der Waals surface area contributed by atoms with E-state index in [-0.39, 0.29) is 0 Å². The average molecular weight is 315 g/mol. The van der Waals surface area contributed by atoms with Crippen molar-refractivity contribution in [3.63, 3.8) is 0 Å². The van der Waals surface area contributed by atoms with Crippen molar-refractivity contribution in [1.29, 1.82) is 0 Å². The molecule has 0 saturated carbocycles. The van der Waals surface area contributed by atoms with E-state index in [0.29, 0.717) is 5.41 Å². The third kappa shape index (κ3) is 4.01. The minimum atomic E-state index is 0.472. The monoisotopic (exact) mass is 314 g/mol. The molecule has 0 amide bonds. The molecule has 3 heteroatoms. The van der Waals surface area contributed by atoms with Gasteiger partial charge in [-0.15, -0.1) is 11.8 Å². The number of ether oxygens (including phenoxy) is 1. The molecule has 1 heterocycles. The number of hydrogen-bond acceptors (Lipinski definition) is 2. The van der Waals surface area contributed by atoms with Gasteiger partial charge < -0.3 is 4.74 Å². The molecule has 0 bridgehead atoms. The largest absolute Gasteiger partial charge is 0.381 e. The Morgan fingerprint density at radius 3 is 2.53 bits per heavy atom. The number of halogens is 1. The lowest BCUT2D eigenvalue weighted by Crippen LogP contribution is -2.31. The minimum Gasteiger partial charge on any atom is -0.381 e. The third-order valence-corrected chi connectivity index (χ3v) is 5.68. The summed E-state index contributed by atoms with van der Waals surface area (Å²) in [5.41, 5.74) is 0.472. The number of alkyl halides is 1. The predicted octanol–water partition coefficient (Wildman–Crippen LogP) is 4.36. The van der Waals surface area contributed by atoms with Gasteiger partial charge >= 0.3 is 0 Å². The average Bonchev–Trinajstić information content (AvgIpc) is 2.41. The van der Waals surface area contributed by atoms with E-state index in [2.05, 4.69) is 46.3 Å². The van der Waals surface area contributed by atoms with Crippen LogP contribution in [0.1, 0.15) is 19.3 Å². The van der Waals surface area contributed by atoms with Crippen LogP contribution in [0.25, 0.3) is 0 Å². The molecule has 94 valence electrons. The Morgan fingerprint density at radius 2 is 1.88 bits per heavy atom. The molecule has 1 aliphatic rings. The van der Waals surface area contributed by atoms with Crippen LogP contribution in [0.5, 0.6) is 0 Å². The zero-order valence-corrected chi connectivity index (χ0v) is 12.4. The van der Waals surface area contributed by atoms with Crippen LogP contribution in [0, 0.1) is 5.41 Å². The zero-order valence-electron chi connectivity index (χ0n) is 10.0. The van der Waals surface area contributed by atoms with Gasteiger partial charge in [-0.2, -0.15) is 0 Å². The molecule has 17 heavy (non-hydrogen) atoms. The summed E-state index contributed by atoms with van der Waals surface area (Å²) in [7, 11) is 0. The van der Waals surface area contributed by atoms with Crippen LogP contribution < -0.4 is 0 Å². The van der Waals surface area contributed by atoms with Crippen LogP contribution in [0.15, 0.2) is 35.2 Å². The fraction of sp³-hybridized carbons (Fsp3) is 0.571. The lowest BCUT2D eigenvalue weighted by atomic mass is 9.80. The van der Waals surface area contributed by atoms with Gasteiger partial charge in [0.15, 0.2) is 0 Å². The Kier molecular flexibility index (Phi) is 5.39. The Hall–Kier alpha value is 0.01000. The number of thioether (sulfide) groups is 1. The van der Waals surface area contributed by atoms with Gasteiger partial charge in [-0.3, -0.25) is 0 Å². The molecule has 0 radical (unpaired) electrons. The Balaban J connectivity index is 1.80. The third-order valence-electron chi connectivity index (χ3n) is 3.48. The Labute approximate surface area is 116 Å². The molecule has 1 fully saturated rings.